The molecule has 0 bridgehead atoms. The third-order valence-corrected chi connectivity index (χ3v) is 21.4. The quantitative estimate of drug-likeness (QED) is 0.0376. The summed E-state index contributed by atoms with van der Waals surface area (Å²) in [6, 6.07) is 0. The number of amides is 3. The third kappa shape index (κ3) is 136. The van der Waals surface area contributed by atoms with Crippen LogP contribution in [0.1, 0.15) is 232 Å². The molecule has 35 nitrogen and oxygen atoms in total. The molecule has 0 saturated heterocycles. The smallest absolute Gasteiger partial charge is 0.246 e. The van der Waals surface area contributed by atoms with Crippen molar-refractivity contribution >= 4 is 65.9 Å². The van der Waals surface area contributed by atoms with Crippen LogP contribution in [0.2, 0.25) is 0 Å². The average molecular weight is 2520 g/mol. The summed E-state index contributed by atoms with van der Waals surface area (Å²) in [5, 5.41) is 8.71. The molecule has 6 radical (unpaired) electrons. The van der Waals surface area contributed by atoms with Crippen LogP contribution >= 0.6 is 48.2 Å². The van der Waals surface area contributed by atoms with Gasteiger partial charge in [-0.15, -0.1) is 0 Å². The van der Waals surface area contributed by atoms with E-state index in [0.717, 1.165) is 162 Å². The summed E-state index contributed by atoms with van der Waals surface area (Å²) in [7, 11) is -12.0. The third-order valence-electron chi connectivity index (χ3n) is 17.7. The van der Waals surface area contributed by atoms with Gasteiger partial charge in [0, 0.05) is 453 Å². The van der Waals surface area contributed by atoms with Crippen LogP contribution in [0.5, 0.6) is 0 Å². The molecule has 0 aromatic rings. The zero-order valence-electron chi connectivity index (χ0n) is 87.6. The van der Waals surface area contributed by atoms with E-state index in [0.29, 0.717) is 198 Å². The summed E-state index contributed by atoms with van der Waals surface area (Å²) in [4.78, 5) is 36.1. The number of hydrogen-bond acceptors (Lipinski definition) is 32. The van der Waals surface area contributed by atoms with Gasteiger partial charge < -0.3 is 124 Å². The van der Waals surface area contributed by atoms with Gasteiger partial charge in [-0.3, -0.25) is 41.8 Å². The van der Waals surface area contributed by atoms with Gasteiger partial charge in [-0.05, 0) is 219 Å². The molecule has 0 fully saturated rings. The maximum Gasteiger partial charge on any atom is 0.246 e. The van der Waals surface area contributed by atoms with Crippen molar-refractivity contribution in [2.45, 2.75) is 262 Å². The van der Waals surface area contributed by atoms with Gasteiger partial charge in [0.2, 0.25) is 17.7 Å². The number of carbonyl (C=O) groups is 3. The molecule has 0 aliphatic rings. The van der Waals surface area contributed by atoms with Crippen molar-refractivity contribution in [2.24, 2.45) is 5.41 Å². The summed E-state index contributed by atoms with van der Waals surface area (Å²) in [5.74, 6) is -0.393. The molecule has 0 heterocycles. The Hall–Kier alpha value is 5.49. The Morgan fingerprint density at radius 1 is 0.252 bits per heavy atom. The van der Waals surface area contributed by atoms with Crippen molar-refractivity contribution < 1.29 is 346 Å². The van der Waals surface area contributed by atoms with Gasteiger partial charge in [-0.1, -0.05) is 0 Å². The van der Waals surface area contributed by atoms with Crippen molar-refractivity contribution in [3.8, 4) is 0 Å². The van der Waals surface area contributed by atoms with Crippen LogP contribution in [0, 0.1) is 5.41 Å². The predicted octanol–water partition coefficient (Wildman–Crippen LogP) is 15.9. The van der Waals surface area contributed by atoms with E-state index in [1.54, 1.807) is 26.7 Å². The number of unbranched alkanes of at least 4 members (excludes halogenated alkanes) is 2. The van der Waals surface area contributed by atoms with Crippen LogP contribution in [0.3, 0.4) is 0 Å². The second-order valence-electron chi connectivity index (χ2n) is 29.4. The van der Waals surface area contributed by atoms with Crippen LogP contribution in [-0.2, 0) is 346 Å². The van der Waals surface area contributed by atoms with E-state index in [1.165, 1.54) is 13.3 Å². The standard InChI is InChI=1S/C21H45O8P.C19H40NO6P.C18H37N2O6P.C12H27O4P.C10H23O4P.C8H19O4P.6Y/c1-5-23-11-8-14-26-17-21(20-29-30(4)22,18-27-15-9-12-24-6-2)19-28-16-10-13-25-7-3;1-5-23-14-8-11-19(12-9-15-24-6-2,13-10-16-25-7-3)20-18(21)17-26-27(4)22;1-4-24-12-8-6-10-17(21)19-14-16(26-27(3)23)15-20-18(22)11-7-9-13-25-5-2;1-4-14-10-6-8-12(16-17(3)13)9-7-11-15-5-2;1-4-12-8-6-7-10(9-13-5-2)14-15(3)11;1-4-10-6-8(7-11-5-2)12-13(3)9;;;;;;/h30H,5-20H2,1-4H3;27H,5-17H2,1-4H3,(H,20,21);16,27H,4-15H2,1-3H3,(H,19,21)(H,20,22);12,17H,4-11H2,1-3H3;10,15H,4-9H2,1-3H3;8,13H,4-7H2,1-3H3;;;;;;. The molecule has 0 aromatic heterocycles. The molecule has 0 saturated carbocycles. The van der Waals surface area contributed by atoms with Crippen molar-refractivity contribution in [3.05, 3.63) is 0 Å². The fourth-order valence-corrected chi connectivity index (χ4v) is 15.0. The fourth-order valence-electron chi connectivity index (χ4n) is 11.6. The number of hydrogen-bond donors (Lipinski definition) is 3. The molecular formula is C88H191N3O32P6Y6. The first kappa shape index (κ1) is 166. The van der Waals surface area contributed by atoms with Gasteiger partial charge in [0.1, 0.15) is 12.7 Å². The minimum atomic E-state index is -2.17. The Morgan fingerprint density at radius 2 is 0.496 bits per heavy atom. The van der Waals surface area contributed by atoms with Crippen LogP contribution in [-0.4, -0.2) is 339 Å². The van der Waals surface area contributed by atoms with Gasteiger partial charge in [-0.25, -0.2) is 0 Å². The van der Waals surface area contributed by atoms with Gasteiger partial charge in [-0.2, -0.15) is 0 Å². The maximum atomic E-state index is 12.4. The van der Waals surface area contributed by atoms with Gasteiger partial charge in [0.05, 0.1) is 70.0 Å². The summed E-state index contributed by atoms with van der Waals surface area (Å²) in [5.41, 5.74) is -0.867. The Kier molecular flexibility index (Phi) is 164. The molecule has 0 aliphatic heterocycles. The molecule has 7 atom stereocenters. The Bertz CT molecular complexity index is 2420. The summed E-state index contributed by atoms with van der Waals surface area (Å²) in [6.07, 6.45) is 16.3. The molecule has 3 N–H and O–H groups in total. The van der Waals surface area contributed by atoms with Crippen LogP contribution in [0.4, 0.5) is 0 Å². The summed E-state index contributed by atoms with van der Waals surface area (Å²) >= 11 is 0. The van der Waals surface area contributed by atoms with E-state index in [2.05, 4.69) is 16.0 Å². The van der Waals surface area contributed by atoms with Crippen LogP contribution < -0.4 is 16.0 Å². The van der Waals surface area contributed by atoms with E-state index in [9.17, 15) is 41.8 Å². The first-order valence-electron chi connectivity index (χ1n) is 47.8. The molecule has 7 unspecified atom stereocenters. The maximum absolute atomic E-state index is 12.4. The van der Waals surface area contributed by atoms with E-state index >= 15 is 0 Å². The van der Waals surface area contributed by atoms with E-state index in [1.807, 2.05) is 96.9 Å². The molecule has 3 amide bonds. The average Bonchev–Trinajstić information content (AvgIpc) is 0.858. The number of ether oxygens (including phenoxy) is 17. The second kappa shape index (κ2) is 134. The Morgan fingerprint density at radius 3 is 0.785 bits per heavy atom. The first-order chi connectivity index (χ1) is 62.2. The van der Waals surface area contributed by atoms with Crippen LogP contribution in [0.25, 0.3) is 0 Å². The normalized spacial score (nSPS) is 12.6. The number of rotatable bonds is 91. The molecular weight excluding hydrogens is 2330 g/mol. The molecule has 0 spiro atoms. The van der Waals surface area contributed by atoms with Crippen LogP contribution in [0.15, 0.2) is 0 Å². The minimum absolute atomic E-state index is 0. The Balaban J connectivity index is -0.000000136. The first-order valence-corrected chi connectivity index (χ1v) is 58.7. The van der Waals surface area contributed by atoms with E-state index in [-0.39, 0.29) is 264 Å². The number of nitrogens with one attached hydrogen (secondary N) is 3. The molecule has 0 rings (SSSR count). The minimum Gasteiger partial charge on any atom is -0.382 e. The molecule has 798 valence electrons. The van der Waals surface area contributed by atoms with Gasteiger partial charge in [0.15, 0.2) is 48.2 Å². The van der Waals surface area contributed by atoms with E-state index in [4.69, 9.17) is 108 Å². The molecule has 0 aliphatic carbocycles. The van der Waals surface area contributed by atoms with Crippen molar-refractivity contribution in [1.29, 1.82) is 0 Å². The number of carbonyl (C=O) groups excluding carboxylic acids is 3. The molecule has 135 heavy (non-hydrogen) atoms. The molecule has 0 aromatic carbocycles. The summed E-state index contributed by atoms with van der Waals surface area (Å²) in [6.45, 7) is 59.0. The summed E-state index contributed by atoms with van der Waals surface area (Å²) < 4.78 is 191. The largest absolute Gasteiger partial charge is 0.382 e. The van der Waals surface area contributed by atoms with Crippen molar-refractivity contribution in [1.82, 2.24) is 16.0 Å². The fraction of sp³-hybridized carbons (Fsp3) is 0.966. The van der Waals surface area contributed by atoms with E-state index < -0.39 is 59.7 Å². The van der Waals surface area contributed by atoms with Crippen molar-refractivity contribution in [3.63, 3.8) is 0 Å². The zero-order chi connectivity index (χ0) is 97.6. The topological polar surface area (TPSA) is 402 Å². The molecule has 47 heteroatoms. The predicted molar refractivity (Wildman–Crippen MR) is 521 cm³/mol. The van der Waals surface area contributed by atoms with Crippen molar-refractivity contribution in [2.75, 3.05) is 291 Å². The Labute approximate surface area is 973 Å². The van der Waals surface area contributed by atoms with Gasteiger partial charge >= 0.3 is 0 Å². The van der Waals surface area contributed by atoms with Gasteiger partial charge in [0.25, 0.3) is 0 Å². The monoisotopic (exact) mass is 2520 g/mol. The zero-order valence-corrected chi connectivity index (χ0v) is 111. The SMILES string of the molecule is CCOCC(COCC)O[PH](C)=O.CCOCCCC(CCCOCC)(CCCOCC)NC(=O)CO[PH](C)=O.CCOCCCC(CCCOCC)O[PH](C)=O.CCOCCCC(COCC)O[PH](C)=O.CCOCCCCC(=O)NCC(CNC(=O)CCCCOCC)O[PH](C)=O.CCOCCCOCC(COCCCOCC)(COCCCOCC)CO[PH](C)=O.[Y].[Y].[Y].[Y].[Y].[Y]. The second-order valence-corrected chi connectivity index (χ2v) is 36.9.